The number of amides is 1. The summed E-state index contributed by atoms with van der Waals surface area (Å²) in [6.45, 7) is 2.06. The minimum absolute atomic E-state index is 0.0419. The number of pyridine rings is 1. The van der Waals surface area contributed by atoms with Crippen LogP contribution in [-0.2, 0) is 6.42 Å². The van der Waals surface area contributed by atoms with Gasteiger partial charge >= 0.3 is 0 Å². The van der Waals surface area contributed by atoms with Gasteiger partial charge in [-0.2, -0.15) is 0 Å². The highest BCUT2D eigenvalue weighted by Gasteiger charge is 2.23. The number of aryl methyl sites for hydroxylation is 2. The molecule has 0 unspecified atom stereocenters. The van der Waals surface area contributed by atoms with Gasteiger partial charge in [0.05, 0.1) is 16.4 Å². The third kappa shape index (κ3) is 2.97. The Morgan fingerprint density at radius 2 is 2.04 bits per heavy atom. The number of halogens is 1. The van der Waals surface area contributed by atoms with Gasteiger partial charge in [0.25, 0.3) is 5.91 Å². The number of hydrogen-bond donors (Lipinski definition) is 1. The summed E-state index contributed by atoms with van der Waals surface area (Å²) in [5.74, 6) is -0.0419. The zero-order chi connectivity index (χ0) is 19.3. The molecule has 0 bridgehead atoms. The number of rotatable bonds is 2. The first-order valence-electron chi connectivity index (χ1n) is 9.48. The van der Waals surface area contributed by atoms with Crippen LogP contribution in [0.4, 0.5) is 0 Å². The van der Waals surface area contributed by atoms with Crippen LogP contribution < -0.4 is 5.32 Å². The molecule has 3 nitrogen and oxygen atoms in total. The second-order valence-corrected chi connectivity index (χ2v) is 8.80. The summed E-state index contributed by atoms with van der Waals surface area (Å²) in [5, 5.41) is 5.58. The molecule has 4 aromatic rings. The molecule has 0 radical (unpaired) electrons. The average molecular weight is 407 g/mol. The predicted molar refractivity (Wildman–Crippen MR) is 116 cm³/mol. The second-order valence-electron chi connectivity index (χ2n) is 7.39. The molecule has 5 rings (SSSR count). The largest absolute Gasteiger partial charge is 0.345 e. The number of nitrogens with zero attached hydrogens (tertiary/aromatic N) is 1. The van der Waals surface area contributed by atoms with Crippen LogP contribution in [0.3, 0.4) is 0 Å². The monoisotopic (exact) mass is 406 g/mol. The van der Waals surface area contributed by atoms with Gasteiger partial charge in [-0.15, -0.1) is 11.3 Å². The summed E-state index contributed by atoms with van der Waals surface area (Å²) in [7, 11) is 0. The maximum absolute atomic E-state index is 13.0. The summed E-state index contributed by atoms with van der Waals surface area (Å²) in [4.78, 5) is 18.2. The van der Waals surface area contributed by atoms with Crippen molar-refractivity contribution in [2.24, 2.45) is 0 Å². The first-order chi connectivity index (χ1) is 13.6. The van der Waals surface area contributed by atoms with Crippen molar-refractivity contribution in [3.63, 3.8) is 0 Å². The Hall–Kier alpha value is -2.43. The average Bonchev–Trinajstić information content (AvgIpc) is 3.16. The number of carbonyl (C=O) groups is 1. The standard InChI is InChI=1S/C23H19ClN2OS/c1-13-9-10-19-16(11-13)21-17(22(24)25-19)12-20(28-21)23(27)26-18-8-4-6-14-5-2-3-7-15(14)18/h2-3,5,7,9-12,18H,4,6,8H2,1H3,(H,26,27)/t18-/m0/s1. The smallest absolute Gasteiger partial charge is 0.261 e. The Bertz CT molecular complexity index is 1230. The van der Waals surface area contributed by atoms with Gasteiger partial charge in [0, 0.05) is 15.5 Å². The van der Waals surface area contributed by atoms with Crippen LogP contribution in [0.15, 0.2) is 48.5 Å². The van der Waals surface area contributed by atoms with Crippen LogP contribution in [0.5, 0.6) is 0 Å². The molecule has 2 aromatic carbocycles. The lowest BCUT2D eigenvalue weighted by atomic mass is 9.88. The quantitative estimate of drug-likeness (QED) is 0.401. The SMILES string of the molecule is Cc1ccc2nc(Cl)c3cc(C(=O)N[C@H]4CCCc5ccccc54)sc3c2c1. The second kappa shape index (κ2) is 6.87. The van der Waals surface area contributed by atoms with Gasteiger partial charge in [0.2, 0.25) is 0 Å². The summed E-state index contributed by atoms with van der Waals surface area (Å²) in [6.07, 6.45) is 3.14. The zero-order valence-electron chi connectivity index (χ0n) is 15.5. The van der Waals surface area contributed by atoms with E-state index in [0.29, 0.717) is 10.0 Å². The van der Waals surface area contributed by atoms with E-state index < -0.39 is 0 Å². The first kappa shape index (κ1) is 17.7. The molecule has 1 amide bonds. The Labute approximate surface area is 172 Å². The normalized spacial score (nSPS) is 16.3. The lowest BCUT2D eigenvalue weighted by molar-refractivity contribution is 0.0937. The molecular formula is C23H19ClN2OS. The van der Waals surface area contributed by atoms with Gasteiger partial charge in [-0.25, -0.2) is 4.98 Å². The summed E-state index contributed by atoms with van der Waals surface area (Å²) >= 11 is 7.91. The van der Waals surface area contributed by atoms with Gasteiger partial charge < -0.3 is 5.32 Å². The van der Waals surface area contributed by atoms with Crippen molar-refractivity contribution in [3.8, 4) is 0 Å². The lowest BCUT2D eigenvalue weighted by Crippen LogP contribution is -2.30. The number of nitrogens with one attached hydrogen (secondary N) is 1. The molecule has 0 fully saturated rings. The van der Waals surface area contributed by atoms with Crippen LogP contribution in [0.1, 0.15) is 45.2 Å². The first-order valence-corrected chi connectivity index (χ1v) is 10.7. The summed E-state index contributed by atoms with van der Waals surface area (Å²) in [6, 6.07) is 16.5. The van der Waals surface area contributed by atoms with Gasteiger partial charge in [0.1, 0.15) is 5.15 Å². The van der Waals surface area contributed by atoms with Crippen molar-refractivity contribution in [2.75, 3.05) is 0 Å². The highest BCUT2D eigenvalue weighted by atomic mass is 35.5. The molecule has 1 atom stereocenters. The number of carbonyl (C=O) groups excluding carboxylic acids is 1. The summed E-state index contributed by atoms with van der Waals surface area (Å²) in [5.41, 5.74) is 4.60. The fraction of sp³-hybridized carbons (Fsp3) is 0.217. The van der Waals surface area contributed by atoms with E-state index in [4.69, 9.17) is 11.6 Å². The number of fused-ring (bicyclic) bond motifs is 4. The molecular weight excluding hydrogens is 388 g/mol. The van der Waals surface area contributed by atoms with Crippen molar-refractivity contribution in [1.29, 1.82) is 0 Å². The summed E-state index contributed by atoms with van der Waals surface area (Å²) < 4.78 is 1.02. The third-order valence-corrected chi connectivity index (χ3v) is 6.92. The van der Waals surface area contributed by atoms with E-state index in [1.807, 2.05) is 24.3 Å². The van der Waals surface area contributed by atoms with Gasteiger partial charge in [-0.3, -0.25) is 4.79 Å². The molecule has 0 aliphatic heterocycles. The van der Waals surface area contributed by atoms with Crippen molar-refractivity contribution < 1.29 is 4.79 Å². The maximum Gasteiger partial charge on any atom is 0.261 e. The number of benzene rings is 2. The topological polar surface area (TPSA) is 42.0 Å². The van der Waals surface area contributed by atoms with E-state index in [9.17, 15) is 4.79 Å². The van der Waals surface area contributed by atoms with E-state index in [1.165, 1.54) is 22.5 Å². The predicted octanol–water partition coefficient (Wildman–Crippen LogP) is 6.22. The Kier molecular flexibility index (Phi) is 4.33. The molecule has 2 heterocycles. The fourth-order valence-electron chi connectivity index (χ4n) is 4.08. The Morgan fingerprint density at radius 1 is 1.18 bits per heavy atom. The van der Waals surface area contributed by atoms with Gasteiger partial charge in [0.15, 0.2) is 0 Å². The van der Waals surface area contributed by atoms with Crippen molar-refractivity contribution in [1.82, 2.24) is 10.3 Å². The van der Waals surface area contributed by atoms with Crippen LogP contribution in [0.2, 0.25) is 5.15 Å². The number of aromatic nitrogens is 1. The van der Waals surface area contributed by atoms with Gasteiger partial charge in [-0.1, -0.05) is 47.5 Å². The minimum atomic E-state index is -0.0419. The van der Waals surface area contributed by atoms with Crippen molar-refractivity contribution in [3.05, 3.63) is 75.3 Å². The van der Waals surface area contributed by atoms with E-state index in [-0.39, 0.29) is 11.9 Å². The van der Waals surface area contributed by atoms with Crippen LogP contribution >= 0.6 is 22.9 Å². The van der Waals surface area contributed by atoms with E-state index >= 15 is 0 Å². The highest BCUT2D eigenvalue weighted by Crippen LogP contribution is 2.37. The van der Waals surface area contributed by atoms with Crippen molar-refractivity contribution >= 4 is 49.8 Å². The van der Waals surface area contributed by atoms with Crippen molar-refractivity contribution in [2.45, 2.75) is 32.2 Å². The molecule has 0 saturated carbocycles. The molecule has 5 heteroatoms. The Balaban J connectivity index is 1.53. The van der Waals surface area contributed by atoms with E-state index in [1.54, 1.807) is 0 Å². The fourth-order valence-corrected chi connectivity index (χ4v) is 5.47. The maximum atomic E-state index is 13.0. The van der Waals surface area contributed by atoms with Crippen LogP contribution in [0, 0.1) is 6.92 Å². The molecule has 2 aromatic heterocycles. The van der Waals surface area contributed by atoms with Gasteiger partial charge in [-0.05, 0) is 55.5 Å². The molecule has 0 saturated heterocycles. The third-order valence-electron chi connectivity index (χ3n) is 5.47. The Morgan fingerprint density at radius 3 is 2.93 bits per heavy atom. The molecule has 1 N–H and O–H groups in total. The molecule has 28 heavy (non-hydrogen) atoms. The molecule has 1 aliphatic rings. The van der Waals surface area contributed by atoms with Crippen LogP contribution in [0.25, 0.3) is 21.0 Å². The number of hydrogen-bond acceptors (Lipinski definition) is 3. The minimum Gasteiger partial charge on any atom is -0.345 e. The number of thiophene rings is 1. The highest BCUT2D eigenvalue weighted by molar-refractivity contribution is 7.21. The molecule has 140 valence electrons. The molecule has 1 aliphatic carbocycles. The van der Waals surface area contributed by atoms with E-state index in [0.717, 1.165) is 45.8 Å². The zero-order valence-corrected chi connectivity index (χ0v) is 17.0. The van der Waals surface area contributed by atoms with E-state index in [2.05, 4.69) is 41.5 Å². The van der Waals surface area contributed by atoms with Crippen LogP contribution in [-0.4, -0.2) is 10.9 Å². The molecule has 0 spiro atoms. The lowest BCUT2D eigenvalue weighted by Gasteiger charge is -2.26.